The molecule has 0 radical (unpaired) electrons. The van der Waals surface area contributed by atoms with Crippen LogP contribution < -0.4 is 10.6 Å². The lowest BCUT2D eigenvalue weighted by Crippen LogP contribution is -2.37. The number of imidazole rings is 1. The van der Waals surface area contributed by atoms with Crippen LogP contribution >= 0.6 is 0 Å². The van der Waals surface area contributed by atoms with Gasteiger partial charge in [-0.15, -0.1) is 0 Å². The lowest BCUT2D eigenvalue weighted by Gasteiger charge is -2.11. The van der Waals surface area contributed by atoms with E-state index >= 15 is 0 Å². The minimum absolute atomic E-state index is 0.116. The van der Waals surface area contributed by atoms with Crippen molar-refractivity contribution in [1.82, 2.24) is 25.2 Å². The molecule has 0 saturated heterocycles. The summed E-state index contributed by atoms with van der Waals surface area (Å²) in [6.45, 7) is -0.126. The molecule has 0 bridgehead atoms. The van der Waals surface area contributed by atoms with E-state index in [-0.39, 0.29) is 12.4 Å². The number of oxazole rings is 1. The Hall–Kier alpha value is -3.23. The minimum atomic E-state index is -2.63. The topological polar surface area (TPSA) is 80.3 Å². The van der Waals surface area contributed by atoms with E-state index in [1.807, 2.05) is 31.2 Å². The van der Waals surface area contributed by atoms with Crippen LogP contribution in [0.4, 0.5) is 8.78 Å². The van der Waals surface area contributed by atoms with Gasteiger partial charge in [-0.2, -0.15) is 8.78 Å². The Bertz CT molecular complexity index is 901. The van der Waals surface area contributed by atoms with Crippen LogP contribution in [-0.2, 0) is 13.1 Å². The highest BCUT2D eigenvalue weighted by molar-refractivity contribution is 5.79. The second-order valence-corrected chi connectivity index (χ2v) is 5.82. The fourth-order valence-corrected chi connectivity index (χ4v) is 2.43. The van der Waals surface area contributed by atoms with Gasteiger partial charge in [0.25, 0.3) is 0 Å². The molecule has 7 nitrogen and oxygen atoms in total. The van der Waals surface area contributed by atoms with Crippen molar-refractivity contribution in [3.8, 4) is 11.5 Å². The smallest absolute Gasteiger partial charge is 0.319 e. The Balaban J connectivity index is 1.55. The monoisotopic (exact) mass is 374 g/mol. The average molecular weight is 374 g/mol. The molecule has 0 fully saturated rings. The first kappa shape index (κ1) is 18.6. The molecule has 3 aromatic rings. The van der Waals surface area contributed by atoms with Crippen molar-refractivity contribution in [3.63, 3.8) is 0 Å². The van der Waals surface area contributed by atoms with E-state index in [1.165, 1.54) is 12.4 Å². The first-order valence-electron chi connectivity index (χ1n) is 8.32. The third kappa shape index (κ3) is 4.69. The maximum Gasteiger partial charge on any atom is 0.319 e. The van der Waals surface area contributed by atoms with Gasteiger partial charge in [-0.25, -0.2) is 9.97 Å². The molecular weight excluding hydrogens is 354 g/mol. The lowest BCUT2D eigenvalue weighted by atomic mass is 10.1. The largest absolute Gasteiger partial charge is 0.444 e. The van der Waals surface area contributed by atoms with Crippen LogP contribution in [0, 0.1) is 6.92 Å². The van der Waals surface area contributed by atoms with Crippen molar-refractivity contribution in [3.05, 3.63) is 60.0 Å². The second kappa shape index (κ2) is 8.43. The first-order chi connectivity index (χ1) is 13.1. The third-order valence-corrected chi connectivity index (χ3v) is 3.88. The number of hydrogen-bond acceptors (Lipinski definition) is 4. The molecule has 0 atom stereocenters. The van der Waals surface area contributed by atoms with E-state index in [1.54, 1.807) is 13.3 Å². The van der Waals surface area contributed by atoms with Gasteiger partial charge in [0.1, 0.15) is 12.1 Å². The summed E-state index contributed by atoms with van der Waals surface area (Å²) in [7, 11) is 1.59. The molecule has 2 heterocycles. The zero-order chi connectivity index (χ0) is 19.2. The molecular formula is C18H20F2N6O. The van der Waals surface area contributed by atoms with E-state index in [9.17, 15) is 8.78 Å². The predicted octanol–water partition coefficient (Wildman–Crippen LogP) is 3.11. The third-order valence-electron chi connectivity index (χ3n) is 3.88. The van der Waals surface area contributed by atoms with Crippen LogP contribution in [0.2, 0.25) is 0 Å². The molecule has 0 unspecified atom stereocenters. The maximum absolute atomic E-state index is 12.8. The molecule has 0 aliphatic carbocycles. The van der Waals surface area contributed by atoms with Crippen LogP contribution in [0.3, 0.4) is 0 Å². The Morgan fingerprint density at radius 3 is 2.67 bits per heavy atom. The molecule has 0 amide bonds. The molecule has 142 valence electrons. The van der Waals surface area contributed by atoms with Crippen LogP contribution in [0.25, 0.3) is 11.5 Å². The normalized spacial score (nSPS) is 11.8. The van der Waals surface area contributed by atoms with Crippen LogP contribution in [0.15, 0.2) is 52.3 Å². The van der Waals surface area contributed by atoms with Gasteiger partial charge in [0.2, 0.25) is 5.89 Å². The fraction of sp³-hybridized carbons (Fsp3) is 0.278. The number of rotatable bonds is 6. The number of guanidine groups is 1. The number of hydrogen-bond donors (Lipinski definition) is 2. The van der Waals surface area contributed by atoms with Crippen molar-refractivity contribution >= 4 is 5.96 Å². The highest BCUT2D eigenvalue weighted by Crippen LogP contribution is 2.19. The Morgan fingerprint density at radius 2 is 1.96 bits per heavy atom. The summed E-state index contributed by atoms with van der Waals surface area (Å²) < 4.78 is 32.0. The molecule has 2 aromatic heterocycles. The van der Waals surface area contributed by atoms with Crippen LogP contribution in [-0.4, -0.2) is 27.5 Å². The minimum Gasteiger partial charge on any atom is -0.444 e. The maximum atomic E-state index is 12.8. The van der Waals surface area contributed by atoms with Gasteiger partial charge in [0.15, 0.2) is 5.96 Å². The number of nitrogens with zero attached hydrogens (tertiary/aromatic N) is 4. The van der Waals surface area contributed by atoms with E-state index in [0.717, 1.165) is 15.7 Å². The zero-order valence-corrected chi connectivity index (χ0v) is 15.0. The summed E-state index contributed by atoms with van der Waals surface area (Å²) in [5.41, 5.74) is 2.75. The lowest BCUT2D eigenvalue weighted by molar-refractivity contribution is 0.0668. The second-order valence-electron chi connectivity index (χ2n) is 5.82. The van der Waals surface area contributed by atoms with Crippen LogP contribution in [0.1, 0.15) is 23.6 Å². The number of aliphatic imine (C=N–C) groups is 1. The van der Waals surface area contributed by atoms with E-state index < -0.39 is 6.55 Å². The molecule has 2 N–H and O–H groups in total. The van der Waals surface area contributed by atoms with Gasteiger partial charge in [-0.1, -0.05) is 17.7 Å². The van der Waals surface area contributed by atoms with Gasteiger partial charge in [-0.05, 0) is 19.1 Å². The van der Waals surface area contributed by atoms with E-state index in [0.29, 0.717) is 24.1 Å². The molecule has 0 spiro atoms. The quantitative estimate of drug-likeness (QED) is 0.512. The van der Waals surface area contributed by atoms with E-state index in [2.05, 4.69) is 25.6 Å². The summed E-state index contributed by atoms with van der Waals surface area (Å²) in [5, 5.41) is 6.01. The summed E-state index contributed by atoms with van der Waals surface area (Å²) in [4.78, 5) is 12.4. The molecule has 0 saturated carbocycles. The average Bonchev–Trinajstić information content (AvgIpc) is 3.32. The summed E-state index contributed by atoms with van der Waals surface area (Å²) in [6.07, 6.45) is 4.14. The standard InChI is InChI=1S/C18H20F2N6O/c1-12-3-5-13(6-4-12)16-25-14(11-27-16)9-23-18(21-2)24-10-15-22-7-8-26(15)17(19)20/h3-8,11,17H,9-10H2,1-2H3,(H2,21,23,24). The molecule has 1 aromatic carbocycles. The summed E-state index contributed by atoms with van der Waals surface area (Å²) in [6, 6.07) is 7.88. The Labute approximate surface area is 155 Å². The van der Waals surface area contributed by atoms with Crippen molar-refractivity contribution in [2.45, 2.75) is 26.6 Å². The number of aryl methyl sites for hydroxylation is 1. The van der Waals surface area contributed by atoms with Gasteiger partial charge < -0.3 is 15.1 Å². The Morgan fingerprint density at radius 1 is 1.22 bits per heavy atom. The molecule has 0 aliphatic heterocycles. The first-order valence-corrected chi connectivity index (χ1v) is 8.32. The van der Waals surface area contributed by atoms with Gasteiger partial charge in [0, 0.05) is 25.0 Å². The number of alkyl halides is 2. The van der Waals surface area contributed by atoms with Crippen molar-refractivity contribution in [2.24, 2.45) is 4.99 Å². The zero-order valence-electron chi connectivity index (χ0n) is 15.0. The highest BCUT2D eigenvalue weighted by atomic mass is 19.3. The van der Waals surface area contributed by atoms with Crippen LogP contribution in [0.5, 0.6) is 0 Å². The van der Waals surface area contributed by atoms with Gasteiger partial charge >= 0.3 is 6.55 Å². The fourth-order valence-electron chi connectivity index (χ4n) is 2.43. The van der Waals surface area contributed by atoms with E-state index in [4.69, 9.17) is 4.42 Å². The summed E-state index contributed by atoms with van der Waals surface area (Å²) >= 11 is 0. The molecule has 0 aliphatic rings. The number of nitrogens with one attached hydrogen (secondary N) is 2. The predicted molar refractivity (Wildman–Crippen MR) is 97.2 cm³/mol. The SMILES string of the molecule is CN=C(NCc1coc(-c2ccc(C)cc2)n1)NCc1nccn1C(F)F. The number of halogens is 2. The number of benzene rings is 1. The molecule has 9 heteroatoms. The highest BCUT2D eigenvalue weighted by Gasteiger charge is 2.12. The Kier molecular flexibility index (Phi) is 5.80. The van der Waals surface area contributed by atoms with Crippen molar-refractivity contribution < 1.29 is 13.2 Å². The van der Waals surface area contributed by atoms with Crippen molar-refractivity contribution in [1.29, 1.82) is 0 Å². The molecule has 3 rings (SSSR count). The summed E-state index contributed by atoms with van der Waals surface area (Å²) in [5.74, 6) is 1.20. The van der Waals surface area contributed by atoms with Gasteiger partial charge in [0.05, 0.1) is 18.8 Å². The van der Waals surface area contributed by atoms with Gasteiger partial charge in [-0.3, -0.25) is 9.56 Å². The number of aromatic nitrogens is 3. The van der Waals surface area contributed by atoms with Crippen molar-refractivity contribution in [2.75, 3.05) is 7.05 Å². The molecule has 27 heavy (non-hydrogen) atoms.